The molecule has 0 spiro atoms. The summed E-state index contributed by atoms with van der Waals surface area (Å²) in [5.41, 5.74) is 0.150. The molecule has 1 aromatic carbocycles. The van der Waals surface area contributed by atoms with Gasteiger partial charge < -0.3 is 14.0 Å². The van der Waals surface area contributed by atoms with Gasteiger partial charge in [-0.25, -0.2) is 4.79 Å². The fraction of sp³-hybridized carbons (Fsp3) is 0.682. The number of esters is 1. The fourth-order valence-electron chi connectivity index (χ4n) is 4.23. The Morgan fingerprint density at radius 1 is 1.18 bits per heavy atom. The third-order valence-electron chi connectivity index (χ3n) is 7.06. The second-order valence-electron chi connectivity index (χ2n) is 9.51. The summed E-state index contributed by atoms with van der Waals surface area (Å²) in [7, 11) is 2.08. The van der Waals surface area contributed by atoms with Crippen molar-refractivity contribution in [2.24, 2.45) is 11.3 Å². The van der Waals surface area contributed by atoms with Gasteiger partial charge in [-0.2, -0.15) is 0 Å². The summed E-state index contributed by atoms with van der Waals surface area (Å²) in [6.45, 7) is 8.88. The summed E-state index contributed by atoms with van der Waals surface area (Å²) in [6, 6.07) is 9.27. The molecule has 2 fully saturated rings. The van der Waals surface area contributed by atoms with Crippen LogP contribution in [0, 0.1) is 11.3 Å². The monoisotopic (exact) mass is 384 g/mol. The van der Waals surface area contributed by atoms with Crippen molar-refractivity contribution in [1.29, 1.82) is 0 Å². The van der Waals surface area contributed by atoms with Crippen molar-refractivity contribution >= 4 is 20.9 Å². The van der Waals surface area contributed by atoms with Crippen LogP contribution in [-0.2, 0) is 14.0 Å². The highest BCUT2D eigenvalue weighted by atomic mass is 16.7. The van der Waals surface area contributed by atoms with Gasteiger partial charge in [0, 0.05) is 5.41 Å². The van der Waals surface area contributed by atoms with Crippen LogP contribution in [0.25, 0.3) is 0 Å². The van der Waals surface area contributed by atoms with Gasteiger partial charge in [0.25, 0.3) is 0 Å². The van der Waals surface area contributed by atoms with E-state index >= 15 is 0 Å². The number of ether oxygens (including phenoxy) is 1. The standard InChI is InChI=1S/C22H34B2O4/c1-20(2)21(3,4)28-24(27-20)14-8-13-22(15-23,18-11-12-18)16-26-19(25)17-9-6-5-7-10-17/h5-7,9-10,18H,8,11-16,23H2,1-4H3/t22-/m0/s1. The molecule has 152 valence electrons. The van der Waals surface area contributed by atoms with Gasteiger partial charge in [0.2, 0.25) is 0 Å². The summed E-state index contributed by atoms with van der Waals surface area (Å²) in [5.74, 6) is 0.449. The van der Waals surface area contributed by atoms with E-state index in [-0.39, 0.29) is 29.7 Å². The van der Waals surface area contributed by atoms with E-state index in [0.717, 1.165) is 25.5 Å². The highest BCUT2D eigenvalue weighted by Gasteiger charge is 2.51. The molecule has 0 radical (unpaired) electrons. The predicted octanol–water partition coefficient (Wildman–Crippen LogP) is 4.16. The largest absolute Gasteiger partial charge is 0.462 e. The lowest BCUT2D eigenvalue weighted by atomic mass is 9.68. The van der Waals surface area contributed by atoms with Gasteiger partial charge in [0.15, 0.2) is 0 Å². The van der Waals surface area contributed by atoms with Gasteiger partial charge in [-0.3, -0.25) is 0 Å². The molecule has 1 saturated carbocycles. The summed E-state index contributed by atoms with van der Waals surface area (Å²) >= 11 is 0. The first kappa shape index (κ1) is 21.4. The molecule has 28 heavy (non-hydrogen) atoms. The molecule has 0 amide bonds. The molecule has 0 N–H and O–H groups in total. The Morgan fingerprint density at radius 3 is 2.32 bits per heavy atom. The van der Waals surface area contributed by atoms with Crippen molar-refractivity contribution in [3.05, 3.63) is 35.9 Å². The molecule has 1 heterocycles. The predicted molar refractivity (Wildman–Crippen MR) is 115 cm³/mol. The maximum Gasteiger partial charge on any atom is 0.457 e. The molecule has 0 bridgehead atoms. The Labute approximate surface area is 171 Å². The van der Waals surface area contributed by atoms with Crippen LogP contribution < -0.4 is 0 Å². The van der Waals surface area contributed by atoms with E-state index in [1.165, 1.54) is 12.8 Å². The molecule has 2 aliphatic rings. The van der Waals surface area contributed by atoms with Crippen molar-refractivity contribution in [2.75, 3.05) is 6.61 Å². The average molecular weight is 384 g/mol. The second kappa shape index (κ2) is 8.23. The summed E-state index contributed by atoms with van der Waals surface area (Å²) in [5, 5.41) is 0. The Kier molecular flexibility index (Phi) is 6.31. The number of carbonyl (C=O) groups is 1. The third-order valence-corrected chi connectivity index (χ3v) is 7.06. The lowest BCUT2D eigenvalue weighted by Gasteiger charge is -2.33. The molecule has 1 atom stereocenters. The highest BCUT2D eigenvalue weighted by Crippen LogP contribution is 2.51. The van der Waals surface area contributed by atoms with Gasteiger partial charge in [-0.05, 0) is 71.3 Å². The number of benzene rings is 1. The van der Waals surface area contributed by atoms with Crippen LogP contribution in [0.3, 0.4) is 0 Å². The third kappa shape index (κ3) is 4.65. The minimum absolute atomic E-state index is 0.0775. The van der Waals surface area contributed by atoms with Gasteiger partial charge in [0.05, 0.1) is 23.4 Å². The normalized spacial score (nSPS) is 22.6. The Hall–Kier alpha value is -1.26. The molecule has 1 aliphatic carbocycles. The molecular weight excluding hydrogens is 350 g/mol. The Balaban J connectivity index is 1.54. The smallest absolute Gasteiger partial charge is 0.457 e. The first-order valence-corrected chi connectivity index (χ1v) is 10.8. The first-order chi connectivity index (χ1) is 13.2. The van der Waals surface area contributed by atoms with Crippen LogP contribution in [0.5, 0.6) is 0 Å². The number of carbonyl (C=O) groups excluding carboxylic acids is 1. The minimum atomic E-state index is -0.277. The molecule has 1 aliphatic heterocycles. The maximum absolute atomic E-state index is 12.4. The van der Waals surface area contributed by atoms with Crippen molar-refractivity contribution in [2.45, 2.75) is 77.2 Å². The summed E-state index contributed by atoms with van der Waals surface area (Å²) in [6.07, 6.45) is 6.46. The van der Waals surface area contributed by atoms with Crippen molar-refractivity contribution in [3.8, 4) is 0 Å². The molecule has 1 saturated heterocycles. The highest BCUT2D eigenvalue weighted by molar-refractivity contribution is 6.45. The van der Waals surface area contributed by atoms with E-state index in [0.29, 0.717) is 18.1 Å². The number of rotatable bonds is 9. The molecular formula is C22H34B2O4. The van der Waals surface area contributed by atoms with Crippen LogP contribution >= 0.6 is 0 Å². The van der Waals surface area contributed by atoms with Crippen LogP contribution in [0.1, 0.15) is 63.7 Å². The van der Waals surface area contributed by atoms with E-state index < -0.39 is 0 Å². The van der Waals surface area contributed by atoms with Crippen LogP contribution in [0.4, 0.5) is 0 Å². The zero-order chi connectivity index (χ0) is 20.4. The summed E-state index contributed by atoms with van der Waals surface area (Å²) in [4.78, 5) is 12.4. The fourth-order valence-corrected chi connectivity index (χ4v) is 4.23. The quantitative estimate of drug-likeness (QED) is 0.474. The van der Waals surface area contributed by atoms with E-state index in [1.54, 1.807) is 0 Å². The average Bonchev–Trinajstić information content (AvgIpc) is 3.47. The van der Waals surface area contributed by atoms with E-state index in [1.807, 2.05) is 30.3 Å². The molecule has 1 aromatic rings. The van der Waals surface area contributed by atoms with Gasteiger partial charge in [-0.15, -0.1) is 0 Å². The van der Waals surface area contributed by atoms with Crippen LogP contribution in [-0.4, -0.2) is 38.7 Å². The molecule has 3 rings (SSSR count). The van der Waals surface area contributed by atoms with Crippen molar-refractivity contribution in [3.63, 3.8) is 0 Å². The number of hydrogen-bond donors (Lipinski definition) is 0. The molecule has 6 heteroatoms. The van der Waals surface area contributed by atoms with E-state index in [2.05, 4.69) is 35.5 Å². The number of hydrogen-bond acceptors (Lipinski definition) is 4. The maximum atomic E-state index is 12.4. The van der Waals surface area contributed by atoms with Crippen molar-refractivity contribution < 1.29 is 18.8 Å². The topological polar surface area (TPSA) is 44.8 Å². The zero-order valence-electron chi connectivity index (χ0n) is 18.1. The lowest BCUT2D eigenvalue weighted by Crippen LogP contribution is -2.41. The van der Waals surface area contributed by atoms with E-state index in [4.69, 9.17) is 14.0 Å². The minimum Gasteiger partial charge on any atom is -0.462 e. The van der Waals surface area contributed by atoms with E-state index in [9.17, 15) is 4.79 Å². The zero-order valence-corrected chi connectivity index (χ0v) is 18.1. The molecule has 0 unspecified atom stereocenters. The van der Waals surface area contributed by atoms with Crippen molar-refractivity contribution in [1.82, 2.24) is 0 Å². The van der Waals surface area contributed by atoms with Gasteiger partial charge in [-0.1, -0.05) is 30.9 Å². The Bertz CT molecular complexity index is 656. The molecule has 4 nitrogen and oxygen atoms in total. The van der Waals surface area contributed by atoms with Gasteiger partial charge in [0.1, 0.15) is 7.85 Å². The SMILES string of the molecule is BC[C@@](CCCB1OC(C)(C)C(C)(C)O1)(COC(=O)c1ccccc1)C1CC1. The van der Waals surface area contributed by atoms with Gasteiger partial charge >= 0.3 is 13.1 Å². The second-order valence-corrected chi connectivity index (χ2v) is 9.51. The first-order valence-electron chi connectivity index (χ1n) is 10.8. The summed E-state index contributed by atoms with van der Waals surface area (Å²) < 4.78 is 18.0. The van der Waals surface area contributed by atoms with Crippen LogP contribution in [0.2, 0.25) is 12.6 Å². The van der Waals surface area contributed by atoms with Crippen LogP contribution in [0.15, 0.2) is 30.3 Å². The molecule has 0 aromatic heterocycles. The lowest BCUT2D eigenvalue weighted by molar-refractivity contribution is 0.00578. The Morgan fingerprint density at radius 2 is 1.79 bits per heavy atom.